The molecule has 10 heteroatoms. The van der Waals surface area contributed by atoms with Gasteiger partial charge in [0, 0.05) is 32.7 Å². The third-order valence-corrected chi connectivity index (χ3v) is 4.82. The Bertz CT molecular complexity index is 532. The predicted octanol–water partition coefficient (Wildman–Crippen LogP) is 2.62. The minimum Gasteiger partial charge on any atom is -0.350 e. The zero-order valence-corrected chi connectivity index (χ0v) is 13.7. The first kappa shape index (κ1) is 17.8. The topological polar surface area (TPSA) is 44.4 Å². The summed E-state index contributed by atoms with van der Waals surface area (Å²) in [6.07, 6.45) is -4.42. The van der Waals surface area contributed by atoms with Gasteiger partial charge in [0.05, 0.1) is 9.90 Å². The number of hydrogen-bond acceptors (Lipinski definition) is 4. The average molecular weight is 376 g/mol. The van der Waals surface area contributed by atoms with Gasteiger partial charge in [-0.3, -0.25) is 9.69 Å². The molecule has 1 unspecified atom stereocenters. The smallest absolute Gasteiger partial charge is 0.350 e. The molecule has 124 valence electrons. The van der Waals surface area contributed by atoms with Crippen molar-refractivity contribution < 1.29 is 18.0 Å². The lowest BCUT2D eigenvalue weighted by atomic mass is 10.2. The largest absolute Gasteiger partial charge is 0.405 e. The number of carbonyl (C=O) groups is 1. The fraction of sp³-hybridized carbons (Fsp3) is 0.583. The molecule has 0 radical (unpaired) electrons. The van der Waals surface area contributed by atoms with Crippen molar-refractivity contribution in [2.75, 3.05) is 32.7 Å². The molecule has 1 aromatic rings. The van der Waals surface area contributed by atoms with Crippen LogP contribution in [0, 0.1) is 0 Å². The van der Waals surface area contributed by atoms with Gasteiger partial charge in [0.2, 0.25) is 0 Å². The summed E-state index contributed by atoms with van der Waals surface area (Å²) in [5, 5.41) is 5.29. The van der Waals surface area contributed by atoms with Crippen LogP contribution in [-0.2, 0) is 0 Å². The van der Waals surface area contributed by atoms with Gasteiger partial charge >= 0.3 is 6.18 Å². The summed E-state index contributed by atoms with van der Waals surface area (Å²) in [5.74, 6) is -0.655. The Morgan fingerprint density at radius 1 is 1.41 bits per heavy atom. The molecule has 1 fully saturated rings. The van der Waals surface area contributed by atoms with Gasteiger partial charge in [-0.1, -0.05) is 23.2 Å². The highest BCUT2D eigenvalue weighted by Crippen LogP contribution is 2.31. The van der Waals surface area contributed by atoms with Crippen LogP contribution in [0.2, 0.25) is 8.67 Å². The van der Waals surface area contributed by atoms with Crippen LogP contribution in [0.15, 0.2) is 6.07 Å². The molecule has 0 aliphatic carbocycles. The predicted molar refractivity (Wildman–Crippen MR) is 81.0 cm³/mol. The van der Waals surface area contributed by atoms with Crippen LogP contribution in [0.3, 0.4) is 0 Å². The van der Waals surface area contributed by atoms with Crippen LogP contribution < -0.4 is 10.6 Å². The van der Waals surface area contributed by atoms with E-state index in [1.807, 2.05) is 0 Å². The van der Waals surface area contributed by atoms with E-state index in [0.717, 1.165) is 11.3 Å². The van der Waals surface area contributed by atoms with Crippen molar-refractivity contribution in [2.45, 2.75) is 12.2 Å². The van der Waals surface area contributed by atoms with Crippen LogP contribution in [0.4, 0.5) is 13.2 Å². The molecule has 0 bridgehead atoms. The molecule has 4 nitrogen and oxygen atoms in total. The summed E-state index contributed by atoms with van der Waals surface area (Å²) >= 11 is 12.5. The molecule has 0 saturated carbocycles. The van der Waals surface area contributed by atoms with E-state index in [2.05, 4.69) is 10.6 Å². The molecular weight excluding hydrogens is 362 g/mol. The Balaban J connectivity index is 2.01. The highest BCUT2D eigenvalue weighted by atomic mass is 35.5. The van der Waals surface area contributed by atoms with Crippen LogP contribution in [0.25, 0.3) is 0 Å². The minimum atomic E-state index is -4.42. The number of nitrogens with zero attached hydrogens (tertiary/aromatic N) is 1. The lowest BCUT2D eigenvalue weighted by Gasteiger charge is -2.35. The summed E-state index contributed by atoms with van der Waals surface area (Å²) < 4.78 is 40.0. The Hall–Kier alpha value is -0.540. The van der Waals surface area contributed by atoms with Crippen molar-refractivity contribution in [3.63, 3.8) is 0 Å². The lowest BCUT2D eigenvalue weighted by molar-refractivity contribution is -0.183. The third-order valence-electron chi connectivity index (χ3n) is 3.33. The fourth-order valence-electron chi connectivity index (χ4n) is 2.23. The molecule has 1 saturated heterocycles. The first-order valence-electron chi connectivity index (χ1n) is 6.53. The van der Waals surface area contributed by atoms with Gasteiger partial charge in [-0.2, -0.15) is 13.2 Å². The Morgan fingerprint density at radius 3 is 2.55 bits per heavy atom. The zero-order valence-electron chi connectivity index (χ0n) is 11.3. The minimum absolute atomic E-state index is 0.0953. The van der Waals surface area contributed by atoms with Gasteiger partial charge in [-0.25, -0.2) is 0 Å². The van der Waals surface area contributed by atoms with E-state index in [1.54, 1.807) is 0 Å². The Morgan fingerprint density at radius 2 is 2.05 bits per heavy atom. The highest BCUT2D eigenvalue weighted by Gasteiger charge is 2.43. The van der Waals surface area contributed by atoms with E-state index < -0.39 is 24.7 Å². The maximum atomic E-state index is 13.2. The second-order valence-electron chi connectivity index (χ2n) is 4.79. The van der Waals surface area contributed by atoms with Crippen molar-refractivity contribution >= 4 is 40.4 Å². The lowest BCUT2D eigenvalue weighted by Crippen LogP contribution is -2.57. The summed E-state index contributed by atoms with van der Waals surface area (Å²) in [5.41, 5.74) is 0.0953. The number of alkyl halides is 3. The average Bonchev–Trinajstić information content (AvgIpc) is 2.77. The quantitative estimate of drug-likeness (QED) is 0.849. The maximum absolute atomic E-state index is 13.2. The summed E-state index contributed by atoms with van der Waals surface area (Å²) in [4.78, 5) is 13.3. The molecular formula is C12H14Cl2F3N3OS. The van der Waals surface area contributed by atoms with Crippen molar-refractivity contribution in [2.24, 2.45) is 0 Å². The molecule has 1 aliphatic rings. The maximum Gasteiger partial charge on any atom is 0.405 e. The normalized spacial score (nSPS) is 18.2. The van der Waals surface area contributed by atoms with Gasteiger partial charge < -0.3 is 10.6 Å². The van der Waals surface area contributed by atoms with Crippen molar-refractivity contribution in [3.05, 3.63) is 20.3 Å². The fourth-order valence-corrected chi connectivity index (χ4v) is 3.68. The Kier molecular flexibility index (Phi) is 5.95. The molecule has 0 aromatic carbocycles. The molecule has 22 heavy (non-hydrogen) atoms. The summed E-state index contributed by atoms with van der Waals surface area (Å²) in [6, 6.07) is -0.372. The first-order chi connectivity index (χ1) is 10.3. The van der Waals surface area contributed by atoms with E-state index in [9.17, 15) is 18.0 Å². The van der Waals surface area contributed by atoms with E-state index in [-0.39, 0.29) is 23.0 Å². The highest BCUT2D eigenvalue weighted by molar-refractivity contribution is 7.20. The number of nitrogens with one attached hydrogen (secondary N) is 2. The van der Waals surface area contributed by atoms with Gasteiger partial charge in [-0.05, 0) is 6.07 Å². The van der Waals surface area contributed by atoms with Crippen LogP contribution >= 0.6 is 34.5 Å². The SMILES string of the molecule is O=C(NCC(N1CCNCC1)C(F)(F)F)c1cc(Cl)sc1Cl. The molecule has 1 aliphatic heterocycles. The van der Waals surface area contributed by atoms with E-state index in [1.165, 1.54) is 11.0 Å². The number of thiophene rings is 1. The van der Waals surface area contributed by atoms with Crippen LogP contribution in [0.5, 0.6) is 0 Å². The number of halogens is 5. The second kappa shape index (κ2) is 7.35. The molecule has 2 heterocycles. The molecule has 1 aromatic heterocycles. The molecule has 1 atom stereocenters. The second-order valence-corrected chi connectivity index (χ2v) is 7.08. The third kappa shape index (κ3) is 4.48. The number of carbonyl (C=O) groups excluding carboxylic acids is 1. The number of rotatable bonds is 4. The summed E-state index contributed by atoms with van der Waals surface area (Å²) in [6.45, 7) is 1.03. The van der Waals surface area contributed by atoms with Crippen molar-refractivity contribution in [1.82, 2.24) is 15.5 Å². The van der Waals surface area contributed by atoms with Crippen LogP contribution in [-0.4, -0.2) is 55.7 Å². The van der Waals surface area contributed by atoms with Gasteiger partial charge in [-0.15, -0.1) is 11.3 Å². The molecule has 1 amide bonds. The van der Waals surface area contributed by atoms with Crippen molar-refractivity contribution in [1.29, 1.82) is 0 Å². The van der Waals surface area contributed by atoms with E-state index >= 15 is 0 Å². The van der Waals surface area contributed by atoms with E-state index in [0.29, 0.717) is 17.4 Å². The van der Waals surface area contributed by atoms with Crippen LogP contribution in [0.1, 0.15) is 10.4 Å². The molecule has 0 spiro atoms. The summed E-state index contributed by atoms with van der Waals surface area (Å²) in [7, 11) is 0. The van der Waals surface area contributed by atoms with Gasteiger partial charge in [0.25, 0.3) is 5.91 Å². The molecule has 2 N–H and O–H groups in total. The van der Waals surface area contributed by atoms with E-state index in [4.69, 9.17) is 23.2 Å². The molecule has 2 rings (SSSR count). The number of hydrogen-bond donors (Lipinski definition) is 2. The van der Waals surface area contributed by atoms with Gasteiger partial charge in [0.15, 0.2) is 0 Å². The standard InChI is InChI=1S/C12H14Cl2F3N3OS/c13-9-5-7(10(14)22-9)11(21)19-6-8(12(15,16)17)20-3-1-18-2-4-20/h5,8,18H,1-4,6H2,(H,19,21). The monoisotopic (exact) mass is 375 g/mol. The first-order valence-corrected chi connectivity index (χ1v) is 8.11. The number of piperazine rings is 1. The van der Waals surface area contributed by atoms with Gasteiger partial charge in [0.1, 0.15) is 10.4 Å². The van der Waals surface area contributed by atoms with Crippen molar-refractivity contribution in [3.8, 4) is 0 Å². The number of amides is 1. The zero-order chi connectivity index (χ0) is 16.3. The Labute approximate surface area is 139 Å².